The topological polar surface area (TPSA) is 63.8 Å². The van der Waals surface area contributed by atoms with E-state index in [9.17, 15) is 4.79 Å². The number of benzene rings is 2. The van der Waals surface area contributed by atoms with E-state index in [0.717, 1.165) is 28.3 Å². The van der Waals surface area contributed by atoms with Crippen molar-refractivity contribution >= 4 is 82.5 Å². The fraction of sp³-hybridized carbons (Fsp3) is 0.0526. The van der Waals surface area contributed by atoms with E-state index in [0.29, 0.717) is 11.5 Å². The standard InChI is InChI=1S/C19H12Br3IN2O3/c20-12-7-15(21)19(16(22)8-12)27-10-18(26)25-24-9-14-5-6-17(28-14)11-1-3-13(23)4-2-11/h1-9H,10H2,(H,25,26). The average Bonchev–Trinajstić information content (AvgIpc) is 3.10. The van der Waals surface area contributed by atoms with E-state index in [1.165, 1.54) is 6.21 Å². The van der Waals surface area contributed by atoms with Gasteiger partial charge in [-0.25, -0.2) is 5.43 Å². The van der Waals surface area contributed by atoms with Gasteiger partial charge in [0.15, 0.2) is 6.61 Å². The second-order valence-corrected chi connectivity index (χ2v) is 9.36. The first-order chi connectivity index (χ1) is 13.4. The minimum absolute atomic E-state index is 0.178. The molecule has 1 heterocycles. The van der Waals surface area contributed by atoms with Crippen LogP contribution in [0.5, 0.6) is 5.75 Å². The highest BCUT2D eigenvalue weighted by Crippen LogP contribution is 2.36. The maximum absolute atomic E-state index is 11.9. The van der Waals surface area contributed by atoms with Crippen molar-refractivity contribution in [3.8, 4) is 17.1 Å². The fourth-order valence-corrected chi connectivity index (χ4v) is 5.04. The molecule has 0 spiro atoms. The number of hydrogen-bond donors (Lipinski definition) is 1. The molecule has 0 aliphatic heterocycles. The summed E-state index contributed by atoms with van der Waals surface area (Å²) in [5, 5.41) is 3.90. The molecule has 0 saturated heterocycles. The van der Waals surface area contributed by atoms with E-state index in [4.69, 9.17) is 9.15 Å². The predicted octanol–water partition coefficient (Wildman–Crippen LogP) is 6.37. The number of carbonyl (C=O) groups is 1. The second kappa shape index (κ2) is 10.0. The summed E-state index contributed by atoms with van der Waals surface area (Å²) in [5.41, 5.74) is 3.39. The number of amides is 1. The first kappa shape index (κ1) is 21.5. The summed E-state index contributed by atoms with van der Waals surface area (Å²) in [7, 11) is 0. The summed E-state index contributed by atoms with van der Waals surface area (Å²) in [6.07, 6.45) is 1.44. The zero-order valence-electron chi connectivity index (χ0n) is 14.1. The van der Waals surface area contributed by atoms with E-state index in [2.05, 4.69) is 80.9 Å². The first-order valence-electron chi connectivity index (χ1n) is 7.87. The summed E-state index contributed by atoms with van der Waals surface area (Å²) >= 11 is 12.4. The Hall–Kier alpha value is -1.17. The van der Waals surface area contributed by atoms with Gasteiger partial charge in [-0.05, 0) is 90.8 Å². The molecule has 0 radical (unpaired) electrons. The predicted molar refractivity (Wildman–Crippen MR) is 128 cm³/mol. The minimum atomic E-state index is -0.387. The van der Waals surface area contributed by atoms with Gasteiger partial charge in [0.25, 0.3) is 5.91 Å². The zero-order chi connectivity index (χ0) is 20.1. The van der Waals surface area contributed by atoms with Crippen LogP contribution in [0.2, 0.25) is 0 Å². The Bertz CT molecular complexity index is 997. The smallest absolute Gasteiger partial charge is 0.277 e. The van der Waals surface area contributed by atoms with Crippen LogP contribution < -0.4 is 10.2 Å². The van der Waals surface area contributed by atoms with E-state index in [1.807, 2.05) is 42.5 Å². The largest absolute Gasteiger partial charge is 0.481 e. The number of hydrogen-bond acceptors (Lipinski definition) is 4. The molecule has 0 bridgehead atoms. The van der Waals surface area contributed by atoms with Crippen LogP contribution in [0, 0.1) is 3.57 Å². The Kier molecular flexibility index (Phi) is 7.72. The van der Waals surface area contributed by atoms with E-state index in [1.54, 1.807) is 6.07 Å². The van der Waals surface area contributed by atoms with Gasteiger partial charge in [0.1, 0.15) is 17.3 Å². The molecule has 2 aromatic carbocycles. The van der Waals surface area contributed by atoms with Gasteiger partial charge < -0.3 is 9.15 Å². The molecular formula is C19H12Br3IN2O3. The molecule has 1 N–H and O–H groups in total. The summed E-state index contributed by atoms with van der Waals surface area (Å²) in [6, 6.07) is 15.3. The number of furan rings is 1. The number of rotatable bonds is 6. The van der Waals surface area contributed by atoms with Crippen LogP contribution in [0.25, 0.3) is 11.3 Å². The highest BCUT2D eigenvalue weighted by Gasteiger charge is 2.10. The molecule has 28 heavy (non-hydrogen) atoms. The first-order valence-corrected chi connectivity index (χ1v) is 11.3. The van der Waals surface area contributed by atoms with Gasteiger partial charge in [0, 0.05) is 13.6 Å². The molecule has 5 nitrogen and oxygen atoms in total. The molecule has 0 aliphatic carbocycles. The number of halogens is 4. The van der Waals surface area contributed by atoms with Crippen molar-refractivity contribution in [2.75, 3.05) is 6.61 Å². The van der Waals surface area contributed by atoms with Crippen LogP contribution in [0.1, 0.15) is 5.76 Å². The lowest BCUT2D eigenvalue weighted by Crippen LogP contribution is -2.24. The van der Waals surface area contributed by atoms with Crippen LogP contribution in [0.3, 0.4) is 0 Å². The van der Waals surface area contributed by atoms with E-state index < -0.39 is 0 Å². The molecule has 144 valence electrons. The van der Waals surface area contributed by atoms with Crippen molar-refractivity contribution in [1.29, 1.82) is 0 Å². The van der Waals surface area contributed by atoms with Crippen LogP contribution in [-0.2, 0) is 4.79 Å². The molecule has 0 atom stereocenters. The van der Waals surface area contributed by atoms with Crippen LogP contribution in [-0.4, -0.2) is 18.7 Å². The Balaban J connectivity index is 1.54. The Morgan fingerprint density at radius 3 is 2.46 bits per heavy atom. The SMILES string of the molecule is O=C(COc1c(Br)cc(Br)cc1Br)NN=Cc1ccc(-c2ccc(I)cc2)o1. The lowest BCUT2D eigenvalue weighted by Gasteiger charge is -2.09. The summed E-state index contributed by atoms with van der Waals surface area (Å²) < 4.78 is 14.7. The summed E-state index contributed by atoms with van der Waals surface area (Å²) in [6.45, 7) is -0.178. The van der Waals surface area contributed by atoms with Crippen molar-refractivity contribution < 1.29 is 13.9 Å². The van der Waals surface area contributed by atoms with Gasteiger partial charge in [-0.1, -0.05) is 28.1 Å². The van der Waals surface area contributed by atoms with Gasteiger partial charge in [-0.15, -0.1) is 0 Å². The highest BCUT2D eigenvalue weighted by molar-refractivity contribution is 14.1. The third-order valence-electron chi connectivity index (χ3n) is 3.45. The van der Waals surface area contributed by atoms with Gasteiger partial charge in [-0.3, -0.25) is 4.79 Å². The van der Waals surface area contributed by atoms with Crippen LogP contribution >= 0.6 is 70.4 Å². The molecule has 0 saturated carbocycles. The Morgan fingerprint density at radius 2 is 1.79 bits per heavy atom. The zero-order valence-corrected chi connectivity index (χ0v) is 21.0. The van der Waals surface area contributed by atoms with Gasteiger partial charge >= 0.3 is 0 Å². The highest BCUT2D eigenvalue weighted by atomic mass is 127. The van der Waals surface area contributed by atoms with Crippen molar-refractivity contribution in [3.05, 3.63) is 71.3 Å². The number of hydrazone groups is 1. The van der Waals surface area contributed by atoms with Crippen molar-refractivity contribution in [2.45, 2.75) is 0 Å². The van der Waals surface area contributed by atoms with Crippen molar-refractivity contribution in [2.24, 2.45) is 5.10 Å². The quantitative estimate of drug-likeness (QED) is 0.187. The number of ether oxygens (including phenoxy) is 1. The van der Waals surface area contributed by atoms with Gasteiger partial charge in [0.2, 0.25) is 0 Å². The maximum Gasteiger partial charge on any atom is 0.277 e. The molecule has 9 heteroatoms. The van der Waals surface area contributed by atoms with Gasteiger partial charge in [0.05, 0.1) is 15.2 Å². The summed E-state index contributed by atoms with van der Waals surface area (Å²) in [5.74, 6) is 1.42. The lowest BCUT2D eigenvalue weighted by molar-refractivity contribution is -0.123. The fourth-order valence-electron chi connectivity index (χ4n) is 2.20. The molecule has 1 aromatic heterocycles. The molecule has 0 unspecified atom stereocenters. The van der Waals surface area contributed by atoms with Crippen molar-refractivity contribution in [3.63, 3.8) is 0 Å². The second-order valence-electron chi connectivity index (χ2n) is 5.49. The van der Waals surface area contributed by atoms with Crippen LogP contribution in [0.4, 0.5) is 0 Å². The number of carbonyl (C=O) groups excluding carboxylic acids is 1. The number of nitrogens with zero attached hydrogens (tertiary/aromatic N) is 1. The molecule has 0 aliphatic rings. The minimum Gasteiger partial charge on any atom is -0.481 e. The van der Waals surface area contributed by atoms with Gasteiger partial charge in [-0.2, -0.15) is 5.10 Å². The molecule has 3 rings (SSSR count). The average molecular weight is 683 g/mol. The van der Waals surface area contributed by atoms with Crippen molar-refractivity contribution in [1.82, 2.24) is 5.43 Å². The number of nitrogens with one attached hydrogen (secondary N) is 1. The van der Waals surface area contributed by atoms with E-state index in [-0.39, 0.29) is 12.5 Å². The van der Waals surface area contributed by atoms with Crippen LogP contribution in [0.15, 0.2) is 71.5 Å². The molecular weight excluding hydrogens is 671 g/mol. The maximum atomic E-state index is 11.9. The lowest BCUT2D eigenvalue weighted by atomic mass is 10.2. The third kappa shape index (κ3) is 5.91. The Morgan fingerprint density at radius 1 is 1.11 bits per heavy atom. The molecule has 3 aromatic rings. The molecule has 1 amide bonds. The molecule has 0 fully saturated rings. The third-order valence-corrected chi connectivity index (χ3v) is 5.80. The van der Waals surface area contributed by atoms with E-state index >= 15 is 0 Å². The summed E-state index contributed by atoms with van der Waals surface area (Å²) in [4.78, 5) is 11.9. The normalized spacial score (nSPS) is 11.0. The monoisotopic (exact) mass is 680 g/mol. The Labute approximate surface area is 200 Å².